The number of fused-ring (bicyclic) bond motifs is 1. The van der Waals surface area contributed by atoms with Crippen molar-refractivity contribution in [2.75, 3.05) is 13.1 Å². The van der Waals surface area contributed by atoms with E-state index in [1.54, 1.807) is 12.1 Å². The van der Waals surface area contributed by atoms with Crippen LogP contribution in [0.3, 0.4) is 0 Å². The number of carbonyl (C=O) groups excluding carboxylic acids is 1. The number of hydrogen-bond donors (Lipinski definition) is 1. The smallest absolute Gasteiger partial charge is 0.335 e. The quantitative estimate of drug-likeness (QED) is 0.711. The van der Waals surface area contributed by atoms with Crippen LogP contribution in [0, 0.1) is 10.8 Å². The Morgan fingerprint density at radius 1 is 0.900 bits per heavy atom. The lowest BCUT2D eigenvalue weighted by Crippen LogP contribution is -2.48. The molecule has 154 valence electrons. The summed E-state index contributed by atoms with van der Waals surface area (Å²) in [5, 5.41) is 9.17. The van der Waals surface area contributed by atoms with Gasteiger partial charge in [0, 0.05) is 29.5 Å². The fourth-order valence-corrected chi connectivity index (χ4v) is 5.12. The van der Waals surface area contributed by atoms with Gasteiger partial charge in [-0.25, -0.2) is 4.79 Å². The molecule has 1 aliphatic carbocycles. The fraction of sp³-hybridized carbons (Fsp3) is 0.308. The van der Waals surface area contributed by atoms with Crippen LogP contribution in [0.1, 0.15) is 53.5 Å². The van der Waals surface area contributed by atoms with E-state index in [0.29, 0.717) is 18.7 Å². The standard InChI is InChI=1S/C26H27NO3/c1-25(2)21(18-9-11-20(12-10-18)24(29)30)13-15-26(3)17-27(16-14-22(25)26)23(28)19-7-5-4-6-8-19/h4-14H,15-17H2,1-3H3,(H,29,30). The molecule has 1 aliphatic heterocycles. The van der Waals surface area contributed by atoms with Crippen LogP contribution >= 0.6 is 0 Å². The highest BCUT2D eigenvalue weighted by molar-refractivity contribution is 5.94. The van der Waals surface area contributed by atoms with Crippen LogP contribution in [-0.2, 0) is 0 Å². The third-order valence-electron chi connectivity index (χ3n) is 6.56. The Labute approximate surface area is 177 Å². The number of aromatic carboxylic acids is 1. The molecule has 1 atom stereocenters. The molecule has 0 saturated heterocycles. The van der Waals surface area contributed by atoms with E-state index in [9.17, 15) is 14.7 Å². The second-order valence-corrected chi connectivity index (χ2v) is 9.06. The van der Waals surface area contributed by atoms with Gasteiger partial charge in [-0.2, -0.15) is 0 Å². The Bertz CT molecular complexity index is 1050. The normalized spacial score (nSPS) is 22.6. The molecule has 0 aromatic heterocycles. The lowest BCUT2D eigenvalue weighted by atomic mass is 9.58. The summed E-state index contributed by atoms with van der Waals surface area (Å²) in [5.41, 5.74) is 4.33. The van der Waals surface area contributed by atoms with Gasteiger partial charge in [0.15, 0.2) is 0 Å². The van der Waals surface area contributed by atoms with E-state index in [1.807, 2.05) is 47.4 Å². The van der Waals surface area contributed by atoms with E-state index < -0.39 is 5.97 Å². The number of nitrogens with zero attached hydrogens (tertiary/aromatic N) is 1. The zero-order valence-corrected chi connectivity index (χ0v) is 17.7. The number of rotatable bonds is 3. The summed E-state index contributed by atoms with van der Waals surface area (Å²) in [6.45, 7) is 7.99. The molecule has 0 saturated carbocycles. The van der Waals surface area contributed by atoms with Crippen molar-refractivity contribution in [3.63, 3.8) is 0 Å². The van der Waals surface area contributed by atoms with Gasteiger partial charge in [0.2, 0.25) is 0 Å². The number of hydrogen-bond acceptors (Lipinski definition) is 2. The summed E-state index contributed by atoms with van der Waals surface area (Å²) in [6.07, 6.45) is 5.34. The Morgan fingerprint density at radius 2 is 1.57 bits per heavy atom. The fourth-order valence-electron chi connectivity index (χ4n) is 5.12. The molecule has 4 heteroatoms. The van der Waals surface area contributed by atoms with Crippen LogP contribution in [0.25, 0.3) is 5.57 Å². The Balaban J connectivity index is 1.63. The maximum absolute atomic E-state index is 13.0. The summed E-state index contributed by atoms with van der Waals surface area (Å²) in [5.74, 6) is -0.840. The molecule has 0 fully saturated rings. The van der Waals surface area contributed by atoms with Gasteiger partial charge in [0.1, 0.15) is 0 Å². The predicted octanol–water partition coefficient (Wildman–Crippen LogP) is 5.29. The van der Waals surface area contributed by atoms with Crippen molar-refractivity contribution < 1.29 is 14.7 Å². The molecule has 2 aliphatic rings. The zero-order valence-electron chi connectivity index (χ0n) is 17.7. The van der Waals surface area contributed by atoms with E-state index in [1.165, 1.54) is 11.1 Å². The minimum absolute atomic E-state index is 0.0731. The first kappa shape index (κ1) is 20.1. The van der Waals surface area contributed by atoms with Crippen LogP contribution in [0.5, 0.6) is 0 Å². The first-order chi connectivity index (χ1) is 14.2. The van der Waals surface area contributed by atoms with Gasteiger partial charge < -0.3 is 10.0 Å². The van der Waals surface area contributed by atoms with E-state index >= 15 is 0 Å². The average molecular weight is 402 g/mol. The first-order valence-corrected chi connectivity index (χ1v) is 10.3. The molecule has 1 amide bonds. The molecule has 4 rings (SSSR count). The van der Waals surface area contributed by atoms with Crippen molar-refractivity contribution in [2.45, 2.75) is 27.2 Å². The molecular weight excluding hydrogens is 374 g/mol. The molecule has 1 unspecified atom stereocenters. The number of allylic oxidation sites excluding steroid dienone is 2. The van der Waals surface area contributed by atoms with E-state index in [4.69, 9.17) is 0 Å². The summed E-state index contributed by atoms with van der Waals surface area (Å²) >= 11 is 0. The number of amides is 1. The van der Waals surface area contributed by atoms with E-state index in [-0.39, 0.29) is 16.7 Å². The van der Waals surface area contributed by atoms with Gasteiger partial charge in [0.05, 0.1) is 5.56 Å². The van der Waals surface area contributed by atoms with Crippen LogP contribution in [0.4, 0.5) is 0 Å². The van der Waals surface area contributed by atoms with Gasteiger partial charge in [-0.15, -0.1) is 0 Å². The molecule has 4 nitrogen and oxygen atoms in total. The van der Waals surface area contributed by atoms with Crippen LogP contribution in [0.2, 0.25) is 0 Å². The van der Waals surface area contributed by atoms with Crippen LogP contribution in [-0.4, -0.2) is 35.0 Å². The zero-order chi connectivity index (χ0) is 21.5. The van der Waals surface area contributed by atoms with Crippen molar-refractivity contribution in [1.29, 1.82) is 0 Å². The lowest BCUT2D eigenvalue weighted by molar-refractivity contribution is 0.0678. The lowest BCUT2D eigenvalue weighted by Gasteiger charge is -2.50. The Morgan fingerprint density at radius 3 is 2.20 bits per heavy atom. The molecule has 2 aromatic carbocycles. The van der Waals surface area contributed by atoms with Crippen molar-refractivity contribution in [1.82, 2.24) is 4.90 Å². The van der Waals surface area contributed by atoms with Crippen LogP contribution < -0.4 is 0 Å². The second kappa shape index (κ2) is 7.28. The monoisotopic (exact) mass is 401 g/mol. The molecule has 2 aromatic rings. The highest BCUT2D eigenvalue weighted by Crippen LogP contribution is 2.55. The van der Waals surface area contributed by atoms with Gasteiger partial charge >= 0.3 is 5.97 Å². The topological polar surface area (TPSA) is 57.6 Å². The number of carboxylic acid groups (broad SMARTS) is 1. The van der Waals surface area contributed by atoms with Gasteiger partial charge in [-0.1, -0.05) is 68.8 Å². The third-order valence-corrected chi connectivity index (χ3v) is 6.56. The van der Waals surface area contributed by atoms with Crippen LogP contribution in [0.15, 0.2) is 72.3 Å². The predicted molar refractivity (Wildman–Crippen MR) is 118 cm³/mol. The van der Waals surface area contributed by atoms with Gasteiger partial charge in [-0.05, 0) is 41.8 Å². The molecule has 0 radical (unpaired) electrons. The minimum Gasteiger partial charge on any atom is -0.478 e. The number of carboxylic acids is 1. The summed E-state index contributed by atoms with van der Waals surface area (Å²) < 4.78 is 0. The molecule has 30 heavy (non-hydrogen) atoms. The third kappa shape index (κ3) is 3.36. The first-order valence-electron chi connectivity index (χ1n) is 10.3. The maximum atomic E-state index is 13.0. The highest BCUT2D eigenvalue weighted by atomic mass is 16.4. The van der Waals surface area contributed by atoms with E-state index in [2.05, 4.69) is 32.9 Å². The Kier molecular flexibility index (Phi) is 4.89. The second-order valence-electron chi connectivity index (χ2n) is 9.06. The number of carbonyl (C=O) groups is 2. The molecule has 0 bridgehead atoms. The summed E-state index contributed by atoms with van der Waals surface area (Å²) in [7, 11) is 0. The average Bonchev–Trinajstić information content (AvgIpc) is 2.73. The summed E-state index contributed by atoms with van der Waals surface area (Å²) in [4.78, 5) is 26.1. The van der Waals surface area contributed by atoms with Gasteiger partial charge in [0.25, 0.3) is 5.91 Å². The molecule has 1 heterocycles. The molecule has 0 spiro atoms. The van der Waals surface area contributed by atoms with Crippen molar-refractivity contribution in [3.8, 4) is 0 Å². The largest absolute Gasteiger partial charge is 0.478 e. The minimum atomic E-state index is -0.913. The van der Waals surface area contributed by atoms with Crippen molar-refractivity contribution in [3.05, 3.63) is 89.0 Å². The van der Waals surface area contributed by atoms with Crippen molar-refractivity contribution in [2.24, 2.45) is 10.8 Å². The maximum Gasteiger partial charge on any atom is 0.335 e. The molecule has 1 N–H and O–H groups in total. The number of benzene rings is 2. The van der Waals surface area contributed by atoms with Crippen molar-refractivity contribution >= 4 is 17.4 Å². The SMILES string of the molecule is CC12CC=C(c3ccc(C(=O)O)cc3)C(C)(C)C1=CCN(C(=O)c1ccccc1)C2. The van der Waals surface area contributed by atoms with Gasteiger partial charge in [-0.3, -0.25) is 4.79 Å². The Hall–Kier alpha value is -3.14. The van der Waals surface area contributed by atoms with E-state index in [0.717, 1.165) is 17.5 Å². The molecular formula is C26H27NO3. The summed E-state index contributed by atoms with van der Waals surface area (Å²) in [6, 6.07) is 16.6. The highest BCUT2D eigenvalue weighted by Gasteiger charge is 2.46.